The molecule has 0 aliphatic heterocycles. The Morgan fingerprint density at radius 1 is 1.32 bits per heavy atom. The van der Waals surface area contributed by atoms with Gasteiger partial charge >= 0.3 is 5.69 Å². The molecular formula is C11H7BrFN5O. The van der Waals surface area contributed by atoms with E-state index in [1.54, 1.807) is 12.1 Å². The fourth-order valence-corrected chi connectivity index (χ4v) is 2.36. The molecule has 6 nitrogen and oxygen atoms in total. The number of nitrogens with one attached hydrogen (secondary N) is 1. The molecule has 2 aromatic heterocycles. The second kappa shape index (κ2) is 4.16. The Balaban J connectivity index is 2.33. The van der Waals surface area contributed by atoms with Gasteiger partial charge in [-0.05, 0) is 40.2 Å². The quantitative estimate of drug-likeness (QED) is 0.711. The summed E-state index contributed by atoms with van der Waals surface area (Å²) in [6.07, 6.45) is 0. The number of nitrogens with two attached hydrogens (primary N) is 1. The standard InChI is InChI=1S/C11H7BrFN5O/c12-7-8(5-1-3-6(13)4-2-5)15-10(14)18-9(7)16-17-11(18)19/h1-4H,(H2,14,15)(H,17,19). The number of benzene rings is 1. The van der Waals surface area contributed by atoms with Crippen molar-refractivity contribution in [3.05, 3.63) is 45.0 Å². The van der Waals surface area contributed by atoms with Crippen molar-refractivity contribution >= 4 is 27.5 Å². The van der Waals surface area contributed by atoms with E-state index in [4.69, 9.17) is 5.73 Å². The minimum atomic E-state index is -0.466. The van der Waals surface area contributed by atoms with Gasteiger partial charge in [0.25, 0.3) is 0 Å². The number of hydrogen-bond donors (Lipinski definition) is 2. The van der Waals surface area contributed by atoms with Gasteiger partial charge in [-0.3, -0.25) is 0 Å². The lowest BCUT2D eigenvalue weighted by Crippen LogP contribution is -2.15. The third-order valence-corrected chi connectivity index (χ3v) is 3.38. The molecule has 0 radical (unpaired) electrons. The van der Waals surface area contributed by atoms with Crippen molar-refractivity contribution in [3.8, 4) is 11.3 Å². The lowest BCUT2D eigenvalue weighted by Gasteiger charge is -2.06. The number of halogens is 2. The zero-order chi connectivity index (χ0) is 13.6. The molecule has 1 aromatic carbocycles. The zero-order valence-corrected chi connectivity index (χ0v) is 11.0. The lowest BCUT2D eigenvalue weighted by atomic mass is 10.1. The van der Waals surface area contributed by atoms with Crippen LogP contribution in [0.15, 0.2) is 33.5 Å². The Morgan fingerprint density at radius 3 is 2.68 bits per heavy atom. The average molecular weight is 324 g/mol. The Hall–Kier alpha value is -2.22. The smallest absolute Gasteiger partial charge is 0.350 e. The second-order valence-electron chi connectivity index (χ2n) is 3.83. The van der Waals surface area contributed by atoms with Crippen LogP contribution in [0.25, 0.3) is 16.9 Å². The van der Waals surface area contributed by atoms with E-state index in [0.717, 1.165) is 4.40 Å². The highest BCUT2D eigenvalue weighted by Crippen LogP contribution is 2.29. The fraction of sp³-hybridized carbons (Fsp3) is 0. The summed E-state index contributed by atoms with van der Waals surface area (Å²) in [6.45, 7) is 0. The molecule has 0 bridgehead atoms. The number of rotatable bonds is 1. The molecule has 0 saturated carbocycles. The van der Waals surface area contributed by atoms with Gasteiger partial charge in [-0.15, -0.1) is 0 Å². The number of aromatic nitrogens is 4. The van der Waals surface area contributed by atoms with E-state index in [1.165, 1.54) is 12.1 Å². The SMILES string of the molecule is Nc1nc(-c2ccc(F)cc2)c(Br)c2n[nH]c(=O)n12. The predicted molar refractivity (Wildman–Crippen MR) is 71.1 cm³/mol. The average Bonchev–Trinajstić information content (AvgIpc) is 2.78. The number of hydrogen-bond acceptors (Lipinski definition) is 4. The summed E-state index contributed by atoms with van der Waals surface area (Å²) in [5.74, 6) is -0.332. The number of nitrogens with zero attached hydrogens (tertiary/aromatic N) is 3. The maximum Gasteiger partial charge on any atom is 0.350 e. The molecule has 8 heteroatoms. The van der Waals surface area contributed by atoms with E-state index in [2.05, 4.69) is 31.1 Å². The van der Waals surface area contributed by atoms with Gasteiger partial charge in [0, 0.05) is 5.56 Å². The summed E-state index contributed by atoms with van der Waals surface area (Å²) >= 11 is 3.33. The Morgan fingerprint density at radius 2 is 2.00 bits per heavy atom. The van der Waals surface area contributed by atoms with E-state index in [-0.39, 0.29) is 11.8 Å². The molecule has 3 aromatic rings. The molecule has 0 spiro atoms. The van der Waals surface area contributed by atoms with E-state index in [0.29, 0.717) is 21.4 Å². The van der Waals surface area contributed by atoms with Gasteiger partial charge in [0.05, 0.1) is 10.2 Å². The molecule has 3 N–H and O–H groups in total. The van der Waals surface area contributed by atoms with Crippen molar-refractivity contribution in [1.29, 1.82) is 0 Å². The highest BCUT2D eigenvalue weighted by atomic mass is 79.9. The van der Waals surface area contributed by atoms with Crippen molar-refractivity contribution in [2.75, 3.05) is 5.73 Å². The first-order chi connectivity index (χ1) is 9.08. The number of anilines is 1. The van der Waals surface area contributed by atoms with Gasteiger partial charge in [-0.1, -0.05) is 0 Å². The molecule has 0 fully saturated rings. The molecule has 2 heterocycles. The summed E-state index contributed by atoms with van der Waals surface area (Å²) in [5.41, 5.74) is 6.75. The minimum Gasteiger partial charge on any atom is -0.369 e. The van der Waals surface area contributed by atoms with Gasteiger partial charge < -0.3 is 5.73 Å². The summed E-state index contributed by atoms with van der Waals surface area (Å²) in [5, 5.41) is 6.16. The first-order valence-electron chi connectivity index (χ1n) is 5.26. The Labute approximate surface area is 114 Å². The minimum absolute atomic E-state index is 0.0104. The predicted octanol–water partition coefficient (Wildman–Crippen LogP) is 1.57. The Bertz CT molecular complexity index is 823. The number of aromatic amines is 1. The summed E-state index contributed by atoms with van der Waals surface area (Å²) in [7, 11) is 0. The van der Waals surface area contributed by atoms with Gasteiger partial charge in [-0.25, -0.2) is 23.7 Å². The fourth-order valence-electron chi connectivity index (χ4n) is 1.78. The monoisotopic (exact) mass is 323 g/mol. The van der Waals surface area contributed by atoms with E-state index in [1.807, 2.05) is 0 Å². The van der Waals surface area contributed by atoms with Gasteiger partial charge in [-0.2, -0.15) is 5.10 Å². The molecule has 3 rings (SSSR count). The van der Waals surface area contributed by atoms with Crippen LogP contribution < -0.4 is 11.4 Å². The number of fused-ring (bicyclic) bond motifs is 1. The first-order valence-corrected chi connectivity index (χ1v) is 6.05. The molecule has 0 atom stereocenters. The van der Waals surface area contributed by atoms with Gasteiger partial charge in [0.1, 0.15) is 5.82 Å². The van der Waals surface area contributed by atoms with E-state index < -0.39 is 5.69 Å². The highest BCUT2D eigenvalue weighted by Gasteiger charge is 2.15. The maximum absolute atomic E-state index is 12.9. The normalized spacial score (nSPS) is 11.1. The van der Waals surface area contributed by atoms with Crippen LogP contribution in [0.1, 0.15) is 0 Å². The molecule has 0 aliphatic rings. The topological polar surface area (TPSA) is 89.1 Å². The second-order valence-corrected chi connectivity index (χ2v) is 4.62. The lowest BCUT2D eigenvalue weighted by molar-refractivity contribution is 0.628. The maximum atomic E-state index is 12.9. The van der Waals surface area contributed by atoms with Crippen LogP contribution in [0.4, 0.5) is 10.3 Å². The van der Waals surface area contributed by atoms with Crippen molar-refractivity contribution in [2.45, 2.75) is 0 Å². The van der Waals surface area contributed by atoms with Gasteiger partial charge in [0.2, 0.25) is 5.95 Å². The molecule has 19 heavy (non-hydrogen) atoms. The number of H-pyrrole nitrogens is 1. The van der Waals surface area contributed by atoms with E-state index in [9.17, 15) is 9.18 Å². The van der Waals surface area contributed by atoms with Crippen molar-refractivity contribution in [3.63, 3.8) is 0 Å². The van der Waals surface area contributed by atoms with E-state index >= 15 is 0 Å². The van der Waals surface area contributed by atoms with Crippen LogP contribution in [-0.4, -0.2) is 19.6 Å². The molecule has 0 unspecified atom stereocenters. The zero-order valence-electron chi connectivity index (χ0n) is 9.39. The van der Waals surface area contributed by atoms with Crippen LogP contribution in [0.5, 0.6) is 0 Å². The molecule has 0 aliphatic carbocycles. The van der Waals surface area contributed by atoms with Crippen LogP contribution in [0.2, 0.25) is 0 Å². The molecule has 96 valence electrons. The molecule has 0 saturated heterocycles. The van der Waals surface area contributed by atoms with Crippen molar-refractivity contribution in [2.24, 2.45) is 0 Å². The van der Waals surface area contributed by atoms with Crippen LogP contribution in [-0.2, 0) is 0 Å². The summed E-state index contributed by atoms with van der Waals surface area (Å²) in [4.78, 5) is 15.6. The summed E-state index contributed by atoms with van der Waals surface area (Å²) in [6, 6.07) is 5.79. The largest absolute Gasteiger partial charge is 0.369 e. The molecule has 0 amide bonds. The highest BCUT2D eigenvalue weighted by molar-refractivity contribution is 9.10. The summed E-state index contributed by atoms with van der Waals surface area (Å²) < 4.78 is 14.6. The Kier molecular flexibility index (Phi) is 2.59. The number of nitrogen functional groups attached to an aromatic ring is 1. The van der Waals surface area contributed by atoms with Gasteiger partial charge in [0.15, 0.2) is 5.65 Å². The van der Waals surface area contributed by atoms with Crippen molar-refractivity contribution < 1.29 is 4.39 Å². The van der Waals surface area contributed by atoms with Crippen LogP contribution in [0.3, 0.4) is 0 Å². The van der Waals surface area contributed by atoms with Crippen LogP contribution >= 0.6 is 15.9 Å². The molecular weight excluding hydrogens is 317 g/mol. The van der Waals surface area contributed by atoms with Crippen LogP contribution in [0, 0.1) is 5.82 Å². The van der Waals surface area contributed by atoms with Crippen molar-refractivity contribution in [1.82, 2.24) is 19.6 Å². The third kappa shape index (κ3) is 1.80. The first kappa shape index (κ1) is 11.8. The third-order valence-electron chi connectivity index (χ3n) is 2.65.